The molecule has 1 aromatic carbocycles. The number of ether oxygens (including phenoxy) is 1. The number of nitrogens with two attached hydrogens (primary N) is 1. The Morgan fingerprint density at radius 3 is 3.12 bits per heavy atom. The Labute approximate surface area is 100 Å². The predicted molar refractivity (Wildman–Crippen MR) is 66.1 cm³/mol. The van der Waals surface area contributed by atoms with Crippen LogP contribution in [-0.2, 0) is 17.8 Å². The minimum absolute atomic E-state index is 0.576. The van der Waals surface area contributed by atoms with E-state index in [1.807, 2.05) is 10.7 Å². The van der Waals surface area contributed by atoms with Crippen LogP contribution in [0, 0.1) is 6.92 Å². The number of aromatic nitrogens is 2. The maximum absolute atomic E-state index is 5.93. The molecule has 1 aromatic heterocycles. The molecular formula is C13H15N3O. The van der Waals surface area contributed by atoms with E-state index in [4.69, 9.17) is 10.5 Å². The minimum atomic E-state index is 0.576. The lowest BCUT2D eigenvalue weighted by atomic mass is 10.1. The zero-order chi connectivity index (χ0) is 11.8. The van der Waals surface area contributed by atoms with E-state index in [-0.39, 0.29) is 0 Å². The standard InChI is InChI=1S/C13H15N3O/c1-9-3-2-4-10(7-9)16-12-5-6-17-8-11(12)13(14)15-16/h2-4,7H,5-6,8H2,1H3,(H2,14,15). The first kappa shape index (κ1) is 10.4. The van der Waals surface area contributed by atoms with Gasteiger partial charge in [-0.15, -0.1) is 0 Å². The number of benzene rings is 1. The van der Waals surface area contributed by atoms with E-state index >= 15 is 0 Å². The number of nitrogen functional groups attached to an aromatic ring is 1. The topological polar surface area (TPSA) is 53.1 Å². The number of aryl methyl sites for hydroxylation is 1. The van der Waals surface area contributed by atoms with Crippen molar-refractivity contribution in [2.24, 2.45) is 0 Å². The Morgan fingerprint density at radius 1 is 1.41 bits per heavy atom. The first-order valence-corrected chi connectivity index (χ1v) is 5.77. The van der Waals surface area contributed by atoms with Gasteiger partial charge in [-0.2, -0.15) is 5.10 Å². The van der Waals surface area contributed by atoms with Crippen LogP contribution < -0.4 is 5.73 Å². The Hall–Kier alpha value is -1.81. The summed E-state index contributed by atoms with van der Waals surface area (Å²) in [4.78, 5) is 0. The van der Waals surface area contributed by atoms with Crippen molar-refractivity contribution < 1.29 is 4.74 Å². The summed E-state index contributed by atoms with van der Waals surface area (Å²) in [5.41, 5.74) is 10.4. The Balaban J connectivity index is 2.15. The Kier molecular flexibility index (Phi) is 2.37. The molecule has 0 atom stereocenters. The van der Waals surface area contributed by atoms with Crippen LogP contribution in [0.25, 0.3) is 5.69 Å². The molecule has 0 saturated carbocycles. The monoisotopic (exact) mass is 229 g/mol. The summed E-state index contributed by atoms with van der Waals surface area (Å²) < 4.78 is 7.36. The highest BCUT2D eigenvalue weighted by atomic mass is 16.5. The van der Waals surface area contributed by atoms with Gasteiger partial charge in [0, 0.05) is 12.0 Å². The van der Waals surface area contributed by atoms with E-state index < -0.39 is 0 Å². The summed E-state index contributed by atoms with van der Waals surface area (Å²) in [6.07, 6.45) is 0.869. The lowest BCUT2D eigenvalue weighted by Crippen LogP contribution is -2.13. The molecule has 3 rings (SSSR count). The smallest absolute Gasteiger partial charge is 0.151 e. The van der Waals surface area contributed by atoms with E-state index in [2.05, 4.69) is 30.2 Å². The van der Waals surface area contributed by atoms with Crippen LogP contribution in [0.1, 0.15) is 16.8 Å². The van der Waals surface area contributed by atoms with Gasteiger partial charge in [0.2, 0.25) is 0 Å². The van der Waals surface area contributed by atoms with E-state index in [0.717, 1.165) is 24.3 Å². The van der Waals surface area contributed by atoms with Gasteiger partial charge in [0.1, 0.15) is 0 Å². The fourth-order valence-electron chi connectivity index (χ4n) is 2.23. The number of hydrogen-bond donors (Lipinski definition) is 1. The SMILES string of the molecule is Cc1cccc(-n2nc(N)c3c2CCOC3)c1. The van der Waals surface area contributed by atoms with Crippen molar-refractivity contribution in [3.8, 4) is 5.69 Å². The first-order chi connectivity index (χ1) is 8.25. The second-order valence-corrected chi connectivity index (χ2v) is 4.36. The normalized spacial score (nSPS) is 14.6. The molecule has 2 aromatic rings. The van der Waals surface area contributed by atoms with Gasteiger partial charge < -0.3 is 10.5 Å². The fraction of sp³-hybridized carbons (Fsp3) is 0.308. The quantitative estimate of drug-likeness (QED) is 0.811. The molecule has 2 N–H and O–H groups in total. The number of anilines is 1. The first-order valence-electron chi connectivity index (χ1n) is 5.77. The molecule has 0 fully saturated rings. The molecule has 0 radical (unpaired) electrons. The third-order valence-electron chi connectivity index (χ3n) is 3.10. The van der Waals surface area contributed by atoms with Crippen LogP contribution >= 0.6 is 0 Å². The molecule has 0 bridgehead atoms. The van der Waals surface area contributed by atoms with Gasteiger partial charge in [0.25, 0.3) is 0 Å². The largest absolute Gasteiger partial charge is 0.382 e. The Morgan fingerprint density at radius 2 is 2.29 bits per heavy atom. The van der Waals surface area contributed by atoms with Crippen molar-refractivity contribution in [3.05, 3.63) is 41.1 Å². The highest BCUT2D eigenvalue weighted by Crippen LogP contribution is 2.25. The summed E-state index contributed by atoms with van der Waals surface area (Å²) in [5.74, 6) is 0.584. The van der Waals surface area contributed by atoms with Gasteiger partial charge >= 0.3 is 0 Å². The molecule has 0 aliphatic carbocycles. The molecule has 88 valence electrons. The average molecular weight is 229 g/mol. The number of hydrogen-bond acceptors (Lipinski definition) is 3. The van der Waals surface area contributed by atoms with E-state index in [1.165, 1.54) is 11.3 Å². The molecule has 4 heteroatoms. The second kappa shape index (κ2) is 3.89. The lowest BCUT2D eigenvalue weighted by Gasteiger charge is -2.14. The summed E-state index contributed by atoms with van der Waals surface area (Å²) in [6, 6.07) is 8.28. The molecule has 4 nitrogen and oxygen atoms in total. The van der Waals surface area contributed by atoms with Gasteiger partial charge in [-0.05, 0) is 24.6 Å². The maximum atomic E-state index is 5.93. The molecule has 0 spiro atoms. The van der Waals surface area contributed by atoms with Crippen LogP contribution in [0.3, 0.4) is 0 Å². The number of fused-ring (bicyclic) bond motifs is 1. The lowest BCUT2D eigenvalue weighted by molar-refractivity contribution is 0.110. The van der Waals surface area contributed by atoms with Gasteiger partial charge in [-0.25, -0.2) is 4.68 Å². The molecule has 2 heterocycles. The molecule has 1 aliphatic rings. The highest BCUT2D eigenvalue weighted by molar-refractivity contribution is 5.48. The Bertz CT molecular complexity index is 560. The van der Waals surface area contributed by atoms with Crippen LogP contribution in [0.15, 0.2) is 24.3 Å². The van der Waals surface area contributed by atoms with E-state index in [9.17, 15) is 0 Å². The summed E-state index contributed by atoms with van der Waals surface area (Å²) in [6.45, 7) is 3.39. The molecule has 0 saturated heterocycles. The van der Waals surface area contributed by atoms with Crippen LogP contribution in [-0.4, -0.2) is 16.4 Å². The van der Waals surface area contributed by atoms with Crippen LogP contribution in [0.5, 0.6) is 0 Å². The van der Waals surface area contributed by atoms with Crippen molar-refractivity contribution in [1.82, 2.24) is 9.78 Å². The van der Waals surface area contributed by atoms with Crippen LogP contribution in [0.4, 0.5) is 5.82 Å². The molecule has 17 heavy (non-hydrogen) atoms. The number of rotatable bonds is 1. The zero-order valence-corrected chi connectivity index (χ0v) is 9.81. The fourth-order valence-corrected chi connectivity index (χ4v) is 2.23. The summed E-state index contributed by atoms with van der Waals surface area (Å²) in [5, 5.41) is 4.42. The van der Waals surface area contributed by atoms with Crippen LogP contribution in [0.2, 0.25) is 0 Å². The van der Waals surface area contributed by atoms with Gasteiger partial charge in [-0.3, -0.25) is 0 Å². The van der Waals surface area contributed by atoms with Gasteiger partial charge in [0.05, 0.1) is 24.6 Å². The minimum Gasteiger partial charge on any atom is -0.382 e. The van der Waals surface area contributed by atoms with E-state index in [0.29, 0.717) is 12.4 Å². The van der Waals surface area contributed by atoms with Crippen molar-refractivity contribution >= 4 is 5.82 Å². The molecule has 1 aliphatic heterocycles. The zero-order valence-electron chi connectivity index (χ0n) is 9.81. The predicted octanol–water partition coefficient (Wildman–Crippen LogP) is 1.84. The number of nitrogens with zero attached hydrogens (tertiary/aromatic N) is 2. The summed E-state index contributed by atoms with van der Waals surface area (Å²) >= 11 is 0. The van der Waals surface area contributed by atoms with Crippen molar-refractivity contribution in [3.63, 3.8) is 0 Å². The van der Waals surface area contributed by atoms with Gasteiger partial charge in [0.15, 0.2) is 5.82 Å². The van der Waals surface area contributed by atoms with Crippen molar-refractivity contribution in [2.75, 3.05) is 12.3 Å². The molecule has 0 amide bonds. The molecule has 0 unspecified atom stereocenters. The third kappa shape index (κ3) is 1.70. The van der Waals surface area contributed by atoms with Gasteiger partial charge in [-0.1, -0.05) is 12.1 Å². The summed E-state index contributed by atoms with van der Waals surface area (Å²) in [7, 11) is 0. The van der Waals surface area contributed by atoms with E-state index in [1.54, 1.807) is 0 Å². The average Bonchev–Trinajstić information content (AvgIpc) is 2.68. The molecular weight excluding hydrogens is 214 g/mol. The maximum Gasteiger partial charge on any atom is 0.151 e. The highest BCUT2D eigenvalue weighted by Gasteiger charge is 2.20. The van der Waals surface area contributed by atoms with Crippen molar-refractivity contribution in [2.45, 2.75) is 20.0 Å². The van der Waals surface area contributed by atoms with Crippen molar-refractivity contribution in [1.29, 1.82) is 0 Å². The third-order valence-corrected chi connectivity index (χ3v) is 3.10. The second-order valence-electron chi connectivity index (χ2n) is 4.36.